The van der Waals surface area contributed by atoms with Crippen molar-refractivity contribution < 1.29 is 14.6 Å². The van der Waals surface area contributed by atoms with Gasteiger partial charge in [0.15, 0.2) is 0 Å². The van der Waals surface area contributed by atoms with Crippen molar-refractivity contribution in [1.29, 1.82) is 0 Å². The molecule has 0 bridgehead atoms. The molecule has 0 aromatic heterocycles. The molecule has 6 heteroatoms. The number of ether oxygens (including phenoxy) is 1. The summed E-state index contributed by atoms with van der Waals surface area (Å²) < 4.78 is 5.28. The molecule has 0 unspecified atom stereocenters. The fraction of sp³-hybridized carbons (Fsp3) is 0.357. The summed E-state index contributed by atoms with van der Waals surface area (Å²) in [7, 11) is 1.66. The zero-order valence-corrected chi connectivity index (χ0v) is 23.2. The number of nitrogens with zero attached hydrogens (tertiary/aromatic N) is 1. The van der Waals surface area contributed by atoms with E-state index in [0.29, 0.717) is 23.0 Å². The molecule has 0 fully saturated rings. The fourth-order valence-electron chi connectivity index (χ4n) is 2.38. The summed E-state index contributed by atoms with van der Waals surface area (Å²) in [6, 6.07) is 13.4. The molecule has 0 radical (unpaired) electrons. The highest BCUT2D eigenvalue weighted by Gasteiger charge is 2.08. The van der Waals surface area contributed by atoms with E-state index >= 15 is 0 Å². The van der Waals surface area contributed by atoms with Crippen LogP contribution in [0.4, 0.5) is 0 Å². The summed E-state index contributed by atoms with van der Waals surface area (Å²) in [5, 5.41) is 9.29. The first kappa shape index (κ1) is 33.6. The second-order valence-corrected chi connectivity index (χ2v) is 7.15. The summed E-state index contributed by atoms with van der Waals surface area (Å²) in [4.78, 5) is 14.4. The number of rotatable bonds is 7. The maximum absolute atomic E-state index is 9.83. The van der Waals surface area contributed by atoms with Gasteiger partial charge in [-0.1, -0.05) is 76.5 Å². The van der Waals surface area contributed by atoms with E-state index in [-0.39, 0.29) is 5.57 Å². The summed E-state index contributed by atoms with van der Waals surface area (Å²) in [5.41, 5.74) is 4.15. The van der Waals surface area contributed by atoms with Crippen LogP contribution >= 0.6 is 23.2 Å². The molecule has 0 aliphatic rings. The summed E-state index contributed by atoms with van der Waals surface area (Å²) in [5.74, 6) is -0.0729. The van der Waals surface area contributed by atoms with Gasteiger partial charge in [0.2, 0.25) is 0 Å². The minimum absolute atomic E-state index is 0.264. The van der Waals surface area contributed by atoms with Gasteiger partial charge in [-0.2, -0.15) is 0 Å². The van der Waals surface area contributed by atoms with Crippen molar-refractivity contribution in [2.75, 3.05) is 13.7 Å². The molecule has 2 aromatic rings. The lowest BCUT2D eigenvalue weighted by atomic mass is 10.0. The van der Waals surface area contributed by atoms with E-state index in [2.05, 4.69) is 11.6 Å². The molecule has 188 valence electrons. The molecule has 0 spiro atoms. The third-order valence-electron chi connectivity index (χ3n) is 4.14. The Balaban J connectivity index is 0. The van der Waals surface area contributed by atoms with Crippen molar-refractivity contribution in [3.05, 3.63) is 81.9 Å². The van der Waals surface area contributed by atoms with E-state index < -0.39 is 5.97 Å². The van der Waals surface area contributed by atoms with Gasteiger partial charge in [-0.05, 0) is 67.8 Å². The van der Waals surface area contributed by atoms with Crippen LogP contribution in [0.1, 0.15) is 66.0 Å². The van der Waals surface area contributed by atoms with E-state index in [9.17, 15) is 4.79 Å². The number of carbonyl (C=O) groups is 1. The van der Waals surface area contributed by atoms with Crippen LogP contribution in [0.25, 0.3) is 5.57 Å². The monoisotopic (exact) mass is 507 g/mol. The molecule has 2 aromatic carbocycles. The molecule has 4 nitrogen and oxygen atoms in total. The molecular formula is C28H39Cl2NO3. The topological polar surface area (TPSA) is 58.9 Å². The minimum Gasteiger partial charge on any atom is -0.497 e. The van der Waals surface area contributed by atoms with Crippen molar-refractivity contribution in [2.45, 2.75) is 54.9 Å². The molecule has 0 heterocycles. The number of aliphatic imine (C=N–C) groups is 1. The number of hydrogen-bond donors (Lipinski definition) is 1. The summed E-state index contributed by atoms with van der Waals surface area (Å²) in [6.45, 7) is 17.8. The Bertz CT molecular complexity index is 950. The number of halogens is 2. The fourth-order valence-corrected chi connectivity index (χ4v) is 2.89. The average Bonchev–Trinajstić information content (AvgIpc) is 2.86. The smallest absolute Gasteiger partial charge is 0.330 e. The maximum Gasteiger partial charge on any atom is 0.330 e. The van der Waals surface area contributed by atoms with Crippen LogP contribution in [-0.2, 0) is 4.79 Å². The van der Waals surface area contributed by atoms with Crippen LogP contribution in [0, 0.1) is 0 Å². The molecule has 0 atom stereocenters. The van der Waals surface area contributed by atoms with Gasteiger partial charge in [-0.3, -0.25) is 4.99 Å². The average molecular weight is 509 g/mol. The first-order valence-corrected chi connectivity index (χ1v) is 12.2. The van der Waals surface area contributed by atoms with Crippen molar-refractivity contribution in [3.63, 3.8) is 0 Å². The van der Waals surface area contributed by atoms with E-state index in [4.69, 9.17) is 33.0 Å². The number of aliphatic carboxylic acids is 1. The number of hydrogen-bond acceptors (Lipinski definition) is 3. The van der Waals surface area contributed by atoms with Gasteiger partial charge in [-0.25, -0.2) is 4.79 Å². The highest BCUT2D eigenvalue weighted by molar-refractivity contribution is 6.37. The molecule has 34 heavy (non-hydrogen) atoms. The van der Waals surface area contributed by atoms with Crippen LogP contribution in [-0.4, -0.2) is 30.4 Å². The van der Waals surface area contributed by atoms with Crippen LogP contribution in [0.2, 0.25) is 10.0 Å². The lowest BCUT2D eigenvalue weighted by Gasteiger charge is -2.09. The zero-order valence-electron chi connectivity index (χ0n) is 21.7. The van der Waals surface area contributed by atoms with Gasteiger partial charge in [0.25, 0.3) is 0 Å². The normalized spacial score (nSPS) is 10.4. The molecule has 0 aliphatic heterocycles. The van der Waals surface area contributed by atoms with Gasteiger partial charge < -0.3 is 9.84 Å². The highest BCUT2D eigenvalue weighted by Crippen LogP contribution is 2.25. The maximum atomic E-state index is 9.83. The standard InChI is InChI=1S/C19H19Cl2NO.C5H8O2.2C2H6/c1-4-22-19(17-9-8-15(20)12-18(17)21)10-13(2)14-6-5-7-16(11-14)23-3;1-3-4(2)5(6)7;2*1-2/h5-12H,4H2,1-3H3;2-3H2,1H3,(H,6,7);2*1-2H3/b13-10+,22-19?;;;. The van der Waals surface area contributed by atoms with Crippen molar-refractivity contribution in [2.24, 2.45) is 4.99 Å². The lowest BCUT2D eigenvalue weighted by Crippen LogP contribution is -2.00. The summed E-state index contributed by atoms with van der Waals surface area (Å²) >= 11 is 12.3. The van der Waals surface area contributed by atoms with Crippen LogP contribution in [0.5, 0.6) is 5.75 Å². The Morgan fingerprint density at radius 3 is 2.15 bits per heavy atom. The second kappa shape index (κ2) is 19.9. The Morgan fingerprint density at radius 2 is 1.71 bits per heavy atom. The predicted octanol–water partition coefficient (Wildman–Crippen LogP) is 9.00. The van der Waals surface area contributed by atoms with E-state index in [1.165, 1.54) is 0 Å². The molecule has 1 N–H and O–H groups in total. The Kier molecular flexibility index (Phi) is 19.6. The van der Waals surface area contributed by atoms with E-state index in [1.807, 2.05) is 84.0 Å². The van der Waals surface area contributed by atoms with Crippen LogP contribution < -0.4 is 4.74 Å². The van der Waals surface area contributed by atoms with Gasteiger partial charge >= 0.3 is 5.97 Å². The summed E-state index contributed by atoms with van der Waals surface area (Å²) in [6.07, 6.45) is 2.56. The molecular weight excluding hydrogens is 469 g/mol. The van der Waals surface area contributed by atoms with Crippen LogP contribution in [0.3, 0.4) is 0 Å². The molecule has 0 aliphatic carbocycles. The Hall–Kier alpha value is -2.56. The van der Waals surface area contributed by atoms with E-state index in [0.717, 1.165) is 28.2 Å². The minimum atomic E-state index is -0.900. The number of benzene rings is 2. The number of carboxylic acids is 1. The largest absolute Gasteiger partial charge is 0.497 e. The Labute approximate surface area is 216 Å². The molecule has 2 rings (SSSR count). The third kappa shape index (κ3) is 12.6. The highest BCUT2D eigenvalue weighted by atomic mass is 35.5. The third-order valence-corrected chi connectivity index (χ3v) is 4.69. The lowest BCUT2D eigenvalue weighted by molar-refractivity contribution is -0.132. The number of allylic oxidation sites excluding steroid dienone is 2. The first-order chi connectivity index (χ1) is 16.2. The van der Waals surface area contributed by atoms with Crippen molar-refractivity contribution in [3.8, 4) is 5.75 Å². The van der Waals surface area contributed by atoms with Gasteiger partial charge in [-0.15, -0.1) is 0 Å². The van der Waals surface area contributed by atoms with Crippen molar-refractivity contribution in [1.82, 2.24) is 0 Å². The van der Waals surface area contributed by atoms with Crippen LogP contribution in [0.15, 0.2) is 65.7 Å². The molecule has 0 amide bonds. The van der Waals surface area contributed by atoms with E-state index in [1.54, 1.807) is 20.1 Å². The predicted molar refractivity (Wildman–Crippen MR) is 150 cm³/mol. The quantitative estimate of drug-likeness (QED) is 0.300. The van der Waals surface area contributed by atoms with Gasteiger partial charge in [0, 0.05) is 22.7 Å². The molecule has 0 saturated heterocycles. The Morgan fingerprint density at radius 1 is 1.09 bits per heavy atom. The second-order valence-electron chi connectivity index (χ2n) is 6.31. The number of methoxy groups -OCH3 is 1. The van der Waals surface area contributed by atoms with Crippen molar-refractivity contribution >= 4 is 40.5 Å². The molecule has 0 saturated carbocycles. The zero-order chi connectivity index (χ0) is 26.7. The SMILES string of the molecule is C=C(CC)C(=O)O.CC.CC.CCN=C(/C=C(\C)c1cccc(OC)c1)c1ccc(Cl)cc1Cl. The first-order valence-electron chi connectivity index (χ1n) is 11.5. The van der Waals surface area contributed by atoms with Gasteiger partial charge in [0.05, 0.1) is 17.8 Å². The van der Waals surface area contributed by atoms with Gasteiger partial charge in [0.1, 0.15) is 5.75 Å². The number of carboxylic acid groups (broad SMARTS) is 1.